The molecule has 5 nitrogen and oxygen atoms in total. The van der Waals surface area contributed by atoms with Gasteiger partial charge >= 0.3 is 0 Å². The van der Waals surface area contributed by atoms with E-state index in [1.807, 2.05) is 17.5 Å². The molecule has 3 saturated heterocycles. The average molecular weight is 346 g/mol. The van der Waals surface area contributed by atoms with Crippen molar-refractivity contribution in [3.8, 4) is 0 Å². The zero-order valence-electron chi connectivity index (χ0n) is 12.6. The SMILES string of the molecule is O=C(C=CSc1nc2ncccc2s1)NC1CN2CCC1CC2. The first-order chi connectivity index (χ1) is 11.3. The smallest absolute Gasteiger partial charge is 0.244 e. The number of nitrogens with one attached hydrogen (secondary N) is 1. The largest absolute Gasteiger partial charge is 0.348 e. The van der Waals surface area contributed by atoms with Gasteiger partial charge in [-0.2, -0.15) is 0 Å². The van der Waals surface area contributed by atoms with Crippen molar-refractivity contribution in [2.45, 2.75) is 23.2 Å². The average Bonchev–Trinajstić information content (AvgIpc) is 2.98. The molecule has 0 aliphatic carbocycles. The fourth-order valence-electron chi connectivity index (χ4n) is 3.31. The molecule has 2 bridgehead atoms. The zero-order valence-corrected chi connectivity index (χ0v) is 14.3. The molecule has 0 aromatic carbocycles. The predicted octanol–water partition coefficient (Wildman–Crippen LogP) is 2.51. The van der Waals surface area contributed by atoms with Crippen LogP contribution in [0.15, 0.2) is 34.2 Å². The van der Waals surface area contributed by atoms with E-state index in [0.717, 1.165) is 21.2 Å². The molecule has 1 unspecified atom stereocenters. The number of hydrogen-bond acceptors (Lipinski definition) is 6. The van der Waals surface area contributed by atoms with Crippen molar-refractivity contribution in [2.75, 3.05) is 19.6 Å². The van der Waals surface area contributed by atoms with Crippen molar-refractivity contribution in [1.29, 1.82) is 0 Å². The second kappa shape index (κ2) is 6.59. The lowest BCUT2D eigenvalue weighted by Gasteiger charge is -2.44. The fraction of sp³-hybridized carbons (Fsp3) is 0.438. The number of fused-ring (bicyclic) bond motifs is 4. The highest BCUT2D eigenvalue weighted by molar-refractivity contribution is 8.03. The maximum Gasteiger partial charge on any atom is 0.244 e. The van der Waals surface area contributed by atoms with Crippen LogP contribution in [0.4, 0.5) is 0 Å². The topological polar surface area (TPSA) is 58.1 Å². The second-order valence-corrected chi connectivity index (χ2v) is 8.16. The lowest BCUT2D eigenvalue weighted by Crippen LogP contribution is -2.57. The summed E-state index contributed by atoms with van der Waals surface area (Å²) in [4.78, 5) is 23.2. The van der Waals surface area contributed by atoms with Crippen LogP contribution < -0.4 is 5.32 Å². The minimum Gasteiger partial charge on any atom is -0.348 e. The van der Waals surface area contributed by atoms with Crippen molar-refractivity contribution in [1.82, 2.24) is 20.2 Å². The lowest BCUT2D eigenvalue weighted by molar-refractivity contribution is -0.118. The summed E-state index contributed by atoms with van der Waals surface area (Å²) in [6.45, 7) is 3.38. The van der Waals surface area contributed by atoms with Gasteiger partial charge in [0.1, 0.15) is 0 Å². The molecule has 1 amide bonds. The van der Waals surface area contributed by atoms with Gasteiger partial charge in [-0.3, -0.25) is 4.79 Å². The maximum absolute atomic E-state index is 12.1. The molecular weight excluding hydrogens is 328 g/mol. The summed E-state index contributed by atoms with van der Waals surface area (Å²) < 4.78 is 1.98. The minimum atomic E-state index is -0.00418. The maximum atomic E-state index is 12.1. The van der Waals surface area contributed by atoms with Gasteiger partial charge in [-0.05, 0) is 49.4 Å². The summed E-state index contributed by atoms with van der Waals surface area (Å²) in [5.74, 6) is 0.649. The van der Waals surface area contributed by atoms with Crippen molar-refractivity contribution in [3.05, 3.63) is 29.8 Å². The number of amides is 1. The molecule has 1 atom stereocenters. The number of hydrogen-bond donors (Lipinski definition) is 1. The number of aromatic nitrogens is 2. The summed E-state index contributed by atoms with van der Waals surface area (Å²) in [7, 11) is 0. The molecule has 3 aliphatic heterocycles. The van der Waals surface area contributed by atoms with Crippen molar-refractivity contribution >= 4 is 39.4 Å². The number of thiazole rings is 1. The molecule has 0 spiro atoms. The number of piperidine rings is 3. The number of nitrogens with zero attached hydrogens (tertiary/aromatic N) is 3. The first-order valence-corrected chi connectivity index (χ1v) is 9.55. The molecule has 7 heteroatoms. The molecule has 1 N–H and O–H groups in total. The summed E-state index contributed by atoms with van der Waals surface area (Å²) in [6, 6.07) is 4.23. The second-order valence-electron chi connectivity index (χ2n) is 5.98. The van der Waals surface area contributed by atoms with Crippen LogP contribution in [0.5, 0.6) is 0 Å². The number of thioether (sulfide) groups is 1. The van der Waals surface area contributed by atoms with E-state index >= 15 is 0 Å². The van der Waals surface area contributed by atoms with Gasteiger partial charge in [0.15, 0.2) is 9.99 Å². The van der Waals surface area contributed by atoms with Crippen LogP contribution >= 0.6 is 23.1 Å². The van der Waals surface area contributed by atoms with E-state index in [1.54, 1.807) is 23.6 Å². The monoisotopic (exact) mass is 346 g/mol. The van der Waals surface area contributed by atoms with E-state index in [9.17, 15) is 4.79 Å². The van der Waals surface area contributed by atoms with Crippen molar-refractivity contribution in [3.63, 3.8) is 0 Å². The first kappa shape index (κ1) is 15.1. The van der Waals surface area contributed by atoms with E-state index in [-0.39, 0.29) is 5.91 Å². The summed E-state index contributed by atoms with van der Waals surface area (Å²) >= 11 is 3.06. The van der Waals surface area contributed by atoms with E-state index < -0.39 is 0 Å². The molecular formula is C16H18N4OS2. The number of carbonyl (C=O) groups excluding carboxylic acids is 1. The van der Waals surface area contributed by atoms with E-state index in [4.69, 9.17) is 0 Å². The summed E-state index contributed by atoms with van der Waals surface area (Å²) in [6.07, 6.45) is 5.78. The predicted molar refractivity (Wildman–Crippen MR) is 93.5 cm³/mol. The Kier molecular flexibility index (Phi) is 4.33. The van der Waals surface area contributed by atoms with E-state index in [1.165, 1.54) is 37.7 Å². The standard InChI is InChI=1S/C16H18N4OS2/c21-14(18-12-10-20-7-3-11(12)4-8-20)5-9-22-16-19-15-13(23-16)2-1-6-17-15/h1-2,5-6,9,11-12H,3-4,7-8,10H2,(H,18,21). The van der Waals surface area contributed by atoms with Gasteiger partial charge in [0.05, 0.1) is 4.70 Å². The molecule has 5 heterocycles. The van der Waals surface area contributed by atoms with Gasteiger partial charge in [0, 0.05) is 24.9 Å². The zero-order chi connectivity index (χ0) is 15.6. The molecule has 23 heavy (non-hydrogen) atoms. The molecule has 0 saturated carbocycles. The first-order valence-electron chi connectivity index (χ1n) is 7.85. The van der Waals surface area contributed by atoms with Crippen LogP contribution in [0.25, 0.3) is 10.3 Å². The number of pyridine rings is 1. The highest BCUT2D eigenvalue weighted by Crippen LogP contribution is 2.29. The molecule has 5 rings (SSSR count). The molecule has 2 aromatic heterocycles. The Morgan fingerprint density at radius 3 is 3.04 bits per heavy atom. The van der Waals surface area contributed by atoms with Gasteiger partial charge in [-0.25, -0.2) is 9.97 Å². The third-order valence-electron chi connectivity index (χ3n) is 4.52. The Bertz CT molecular complexity index is 704. The van der Waals surface area contributed by atoms with E-state index in [2.05, 4.69) is 20.2 Å². The third-order valence-corrected chi connectivity index (χ3v) is 6.43. The molecule has 0 radical (unpaired) electrons. The molecule has 120 valence electrons. The van der Waals surface area contributed by atoms with Crippen LogP contribution in [0, 0.1) is 5.92 Å². The minimum absolute atomic E-state index is 0.00418. The van der Waals surface area contributed by atoms with Crippen LogP contribution in [-0.2, 0) is 4.79 Å². The number of rotatable bonds is 4. The van der Waals surface area contributed by atoms with Gasteiger partial charge in [0.2, 0.25) is 5.91 Å². The quantitative estimate of drug-likeness (QED) is 0.681. The van der Waals surface area contributed by atoms with Crippen LogP contribution in [0.3, 0.4) is 0 Å². The summed E-state index contributed by atoms with van der Waals surface area (Å²) in [5.41, 5.74) is 0.769. The molecule has 2 aromatic rings. The van der Waals surface area contributed by atoms with Crippen LogP contribution in [-0.4, -0.2) is 46.5 Å². The molecule has 3 fully saturated rings. The van der Waals surface area contributed by atoms with Gasteiger partial charge in [0.25, 0.3) is 0 Å². The van der Waals surface area contributed by atoms with Gasteiger partial charge in [-0.15, -0.1) is 11.3 Å². The van der Waals surface area contributed by atoms with Crippen molar-refractivity contribution < 1.29 is 4.79 Å². The van der Waals surface area contributed by atoms with Crippen molar-refractivity contribution in [2.24, 2.45) is 5.92 Å². The fourth-order valence-corrected chi connectivity index (χ4v) is 5.05. The number of carbonyl (C=O) groups is 1. The lowest BCUT2D eigenvalue weighted by atomic mass is 9.84. The highest BCUT2D eigenvalue weighted by Gasteiger charge is 2.34. The highest BCUT2D eigenvalue weighted by atomic mass is 32.2. The Morgan fingerprint density at radius 1 is 1.43 bits per heavy atom. The Morgan fingerprint density at radius 2 is 2.30 bits per heavy atom. The van der Waals surface area contributed by atoms with Gasteiger partial charge < -0.3 is 10.2 Å². The van der Waals surface area contributed by atoms with Gasteiger partial charge in [-0.1, -0.05) is 11.8 Å². The van der Waals surface area contributed by atoms with E-state index in [0.29, 0.717) is 12.0 Å². The Labute approximate surface area is 143 Å². The molecule has 3 aliphatic rings. The van der Waals surface area contributed by atoms with Crippen LogP contribution in [0.1, 0.15) is 12.8 Å². The Hall–Kier alpha value is -1.44. The normalized spacial score (nSPS) is 26.9. The Balaban J connectivity index is 1.32. The summed E-state index contributed by atoms with van der Waals surface area (Å²) in [5, 5.41) is 4.97. The third kappa shape index (κ3) is 3.41. The van der Waals surface area contributed by atoms with Crippen LogP contribution in [0.2, 0.25) is 0 Å².